The van der Waals surface area contributed by atoms with Crippen molar-refractivity contribution in [2.24, 2.45) is 0 Å². The molecular formula is C24H29Cl2N7O3S. The Bertz CT molecular complexity index is 1450. The Morgan fingerprint density at radius 3 is 2.73 bits per heavy atom. The topological polar surface area (TPSA) is 112 Å². The lowest BCUT2D eigenvalue weighted by atomic mass is 9.98. The number of hydrogen-bond donors (Lipinski definition) is 2. The second kappa shape index (κ2) is 10.3. The largest absolute Gasteiger partial charge is 0.354 e. The molecular weight excluding hydrogens is 537 g/mol. The first kappa shape index (κ1) is 26.0. The van der Waals surface area contributed by atoms with E-state index in [9.17, 15) is 13.2 Å². The van der Waals surface area contributed by atoms with Crippen molar-refractivity contribution in [1.29, 1.82) is 0 Å². The number of aromatic nitrogens is 3. The molecule has 0 spiro atoms. The van der Waals surface area contributed by atoms with Crippen LogP contribution in [0.2, 0.25) is 10.2 Å². The molecule has 2 saturated heterocycles. The second-order valence-electron chi connectivity index (χ2n) is 9.65. The van der Waals surface area contributed by atoms with Gasteiger partial charge in [-0.2, -0.15) is 9.61 Å². The molecule has 2 aliphatic rings. The Hall–Kier alpha value is -2.60. The predicted molar refractivity (Wildman–Crippen MR) is 145 cm³/mol. The van der Waals surface area contributed by atoms with Gasteiger partial charge in [0, 0.05) is 49.4 Å². The quantitative estimate of drug-likeness (QED) is 0.454. The van der Waals surface area contributed by atoms with Crippen LogP contribution < -0.4 is 14.9 Å². The lowest BCUT2D eigenvalue weighted by Gasteiger charge is -2.35. The number of rotatable bonds is 5. The average Bonchev–Trinajstić information content (AvgIpc) is 3.27. The maximum absolute atomic E-state index is 13.8. The zero-order chi connectivity index (χ0) is 26.3. The van der Waals surface area contributed by atoms with Crippen LogP contribution in [0.15, 0.2) is 30.3 Å². The monoisotopic (exact) mass is 565 g/mol. The van der Waals surface area contributed by atoms with Crippen LogP contribution in [0.25, 0.3) is 5.65 Å². The molecule has 37 heavy (non-hydrogen) atoms. The highest BCUT2D eigenvalue weighted by atomic mass is 35.5. The second-order valence-corrected chi connectivity index (χ2v) is 12.2. The van der Waals surface area contributed by atoms with Crippen LogP contribution in [-0.2, 0) is 10.0 Å². The van der Waals surface area contributed by atoms with Gasteiger partial charge in [-0.05, 0) is 44.4 Å². The summed E-state index contributed by atoms with van der Waals surface area (Å²) in [5, 5.41) is 9.07. The Balaban J connectivity index is 1.52. The number of halogens is 2. The number of carbonyl (C=O) groups is 1. The Kier molecular flexibility index (Phi) is 7.23. The van der Waals surface area contributed by atoms with Crippen molar-refractivity contribution >= 4 is 56.3 Å². The summed E-state index contributed by atoms with van der Waals surface area (Å²) >= 11 is 12.6. The lowest BCUT2D eigenvalue weighted by Crippen LogP contribution is -2.49. The van der Waals surface area contributed by atoms with E-state index in [2.05, 4.69) is 26.8 Å². The van der Waals surface area contributed by atoms with Crippen LogP contribution in [0.4, 0.5) is 11.5 Å². The Morgan fingerprint density at radius 1 is 1.16 bits per heavy atom. The molecule has 2 atom stereocenters. The van der Waals surface area contributed by atoms with E-state index in [-0.39, 0.29) is 23.2 Å². The van der Waals surface area contributed by atoms with E-state index in [1.807, 2.05) is 12.1 Å². The standard InChI is InChI=1S/C24H29Cl2N7O3S/c1-15-14-31(10-8-27-15)23-13-21(26)28-22-12-19(29-33(22)23)20-5-3-4-9-32(20)24(34)17-11-16(25)6-7-18(17)30-37(2,35)36/h6-7,11-13,15,20,27,30H,3-5,8-10,14H2,1-2H3/t15-,20+/m1/s1. The first-order valence-corrected chi connectivity index (χ1v) is 14.9. The van der Waals surface area contributed by atoms with E-state index in [1.165, 1.54) is 12.1 Å². The van der Waals surface area contributed by atoms with Gasteiger partial charge in [-0.25, -0.2) is 13.4 Å². The molecule has 2 N–H and O–H groups in total. The Labute approximate surface area is 226 Å². The van der Waals surface area contributed by atoms with Crippen molar-refractivity contribution in [2.45, 2.75) is 38.3 Å². The van der Waals surface area contributed by atoms with Crippen LogP contribution in [0.3, 0.4) is 0 Å². The van der Waals surface area contributed by atoms with Crippen LogP contribution in [-0.4, -0.2) is 72.3 Å². The normalized spacial score (nSPS) is 20.9. The molecule has 4 heterocycles. The van der Waals surface area contributed by atoms with Gasteiger partial charge in [0.05, 0.1) is 29.2 Å². The number of piperazine rings is 1. The molecule has 0 saturated carbocycles. The number of piperidine rings is 1. The minimum atomic E-state index is -3.59. The summed E-state index contributed by atoms with van der Waals surface area (Å²) in [5.74, 6) is 0.551. The van der Waals surface area contributed by atoms with Crippen molar-refractivity contribution in [1.82, 2.24) is 24.8 Å². The van der Waals surface area contributed by atoms with Crippen molar-refractivity contribution < 1.29 is 13.2 Å². The highest BCUT2D eigenvalue weighted by molar-refractivity contribution is 7.92. The molecule has 0 unspecified atom stereocenters. The van der Waals surface area contributed by atoms with Gasteiger partial charge in [-0.1, -0.05) is 23.2 Å². The summed E-state index contributed by atoms with van der Waals surface area (Å²) in [6.07, 6.45) is 3.53. The molecule has 5 rings (SSSR count). The number of likely N-dealkylation sites (tertiary alicyclic amines) is 1. The number of carbonyl (C=O) groups excluding carboxylic acids is 1. The number of fused-ring (bicyclic) bond motifs is 1. The third-order valence-electron chi connectivity index (χ3n) is 6.70. The summed E-state index contributed by atoms with van der Waals surface area (Å²) in [5.41, 5.74) is 1.72. The lowest BCUT2D eigenvalue weighted by molar-refractivity contribution is 0.0607. The number of anilines is 2. The zero-order valence-electron chi connectivity index (χ0n) is 20.6. The highest BCUT2D eigenvalue weighted by Crippen LogP contribution is 2.35. The molecule has 1 amide bonds. The summed E-state index contributed by atoms with van der Waals surface area (Å²) in [7, 11) is -3.59. The number of benzene rings is 1. The highest BCUT2D eigenvalue weighted by Gasteiger charge is 2.33. The third-order valence-corrected chi connectivity index (χ3v) is 7.72. The van der Waals surface area contributed by atoms with Crippen molar-refractivity contribution in [2.75, 3.05) is 42.1 Å². The number of nitrogens with one attached hydrogen (secondary N) is 2. The minimum absolute atomic E-state index is 0.194. The molecule has 0 radical (unpaired) electrons. The summed E-state index contributed by atoms with van der Waals surface area (Å²) in [6, 6.07) is 8.28. The SMILES string of the molecule is C[C@@H]1CN(c2cc(Cl)nc3cc([C@@H]4CCCCN4C(=O)c4cc(Cl)ccc4NS(C)(=O)=O)nn23)CCN1. The molecule has 198 valence electrons. The zero-order valence-corrected chi connectivity index (χ0v) is 22.9. The fourth-order valence-corrected chi connectivity index (χ4v) is 6.03. The van der Waals surface area contributed by atoms with E-state index < -0.39 is 10.0 Å². The molecule has 2 fully saturated rings. The molecule has 0 bridgehead atoms. The molecule has 2 aromatic heterocycles. The summed E-state index contributed by atoms with van der Waals surface area (Å²) in [4.78, 5) is 22.3. The van der Waals surface area contributed by atoms with E-state index in [4.69, 9.17) is 28.3 Å². The van der Waals surface area contributed by atoms with E-state index in [0.29, 0.717) is 34.1 Å². The van der Waals surface area contributed by atoms with Crippen LogP contribution in [0, 0.1) is 0 Å². The average molecular weight is 567 g/mol. The van der Waals surface area contributed by atoms with Gasteiger partial charge in [-0.15, -0.1) is 0 Å². The van der Waals surface area contributed by atoms with Gasteiger partial charge in [0.1, 0.15) is 11.0 Å². The fourth-order valence-electron chi connectivity index (χ4n) is 5.09. The van der Waals surface area contributed by atoms with Crippen molar-refractivity contribution in [3.05, 3.63) is 51.8 Å². The van der Waals surface area contributed by atoms with Crippen molar-refractivity contribution in [3.63, 3.8) is 0 Å². The first-order valence-electron chi connectivity index (χ1n) is 12.2. The molecule has 2 aliphatic heterocycles. The van der Waals surface area contributed by atoms with Gasteiger partial charge in [0.25, 0.3) is 5.91 Å². The number of hydrogen-bond acceptors (Lipinski definition) is 7. The smallest absolute Gasteiger partial charge is 0.256 e. The van der Waals surface area contributed by atoms with E-state index in [0.717, 1.165) is 51.0 Å². The van der Waals surface area contributed by atoms with E-state index >= 15 is 0 Å². The molecule has 13 heteroatoms. The molecule has 10 nitrogen and oxygen atoms in total. The predicted octanol–water partition coefficient (Wildman–Crippen LogP) is 3.57. The number of sulfonamides is 1. The van der Waals surface area contributed by atoms with Gasteiger partial charge in [0.2, 0.25) is 10.0 Å². The van der Waals surface area contributed by atoms with Gasteiger partial charge >= 0.3 is 0 Å². The Morgan fingerprint density at radius 2 is 1.97 bits per heavy atom. The number of nitrogens with zero attached hydrogens (tertiary/aromatic N) is 5. The van der Waals surface area contributed by atoms with E-state index in [1.54, 1.807) is 15.5 Å². The molecule has 0 aliphatic carbocycles. The molecule has 1 aromatic carbocycles. The van der Waals surface area contributed by atoms with Crippen LogP contribution >= 0.6 is 23.2 Å². The fraction of sp³-hybridized carbons (Fsp3) is 0.458. The first-order chi connectivity index (χ1) is 17.6. The van der Waals surface area contributed by atoms with Gasteiger partial charge in [0.15, 0.2) is 5.65 Å². The maximum atomic E-state index is 13.8. The molecule has 3 aromatic rings. The summed E-state index contributed by atoms with van der Waals surface area (Å²) in [6.45, 7) is 5.12. The maximum Gasteiger partial charge on any atom is 0.256 e. The third kappa shape index (κ3) is 5.64. The van der Waals surface area contributed by atoms with Crippen molar-refractivity contribution in [3.8, 4) is 0 Å². The van der Waals surface area contributed by atoms with Gasteiger partial charge in [-0.3, -0.25) is 9.52 Å². The minimum Gasteiger partial charge on any atom is -0.354 e. The van der Waals surface area contributed by atoms with Gasteiger partial charge < -0.3 is 15.1 Å². The number of amides is 1. The van der Waals surface area contributed by atoms with Crippen LogP contribution in [0.1, 0.15) is 48.3 Å². The van der Waals surface area contributed by atoms with Crippen LogP contribution in [0.5, 0.6) is 0 Å². The summed E-state index contributed by atoms with van der Waals surface area (Å²) < 4.78 is 28.1.